The predicted molar refractivity (Wildman–Crippen MR) is 53.6 cm³/mol. The van der Waals surface area contributed by atoms with E-state index in [1.54, 1.807) is 15.9 Å². The van der Waals surface area contributed by atoms with Crippen LogP contribution in [0.2, 0.25) is 0 Å². The number of imidazole rings is 1. The van der Waals surface area contributed by atoms with E-state index in [-0.39, 0.29) is 5.56 Å². The summed E-state index contributed by atoms with van der Waals surface area (Å²) in [7, 11) is 0. The van der Waals surface area contributed by atoms with Crippen molar-refractivity contribution in [1.29, 1.82) is 0 Å². The number of aromatic nitrogens is 2. The summed E-state index contributed by atoms with van der Waals surface area (Å²) >= 11 is 0. The fraction of sp³-hybridized carbons (Fsp3) is 0.200. The third-order valence-electron chi connectivity index (χ3n) is 2.13. The molecule has 0 unspecified atom stereocenters. The van der Waals surface area contributed by atoms with Gasteiger partial charge in [-0.25, -0.2) is 4.98 Å². The zero-order valence-corrected chi connectivity index (χ0v) is 8.53. The number of rotatable bonds is 2. The highest BCUT2D eigenvalue weighted by atomic mass is 19.4. The molecule has 2 heterocycles. The van der Waals surface area contributed by atoms with Gasteiger partial charge in [0.15, 0.2) is 0 Å². The third kappa shape index (κ3) is 2.74. The van der Waals surface area contributed by atoms with Crippen LogP contribution in [0.1, 0.15) is 10.4 Å². The Kier molecular flexibility index (Phi) is 2.74. The molecule has 0 spiro atoms. The van der Waals surface area contributed by atoms with Gasteiger partial charge in [-0.3, -0.25) is 4.79 Å². The first kappa shape index (κ1) is 11.4. The molecule has 7 heteroatoms. The number of fused-ring (bicyclic) bond motifs is 1. The van der Waals surface area contributed by atoms with Crippen molar-refractivity contribution < 1.29 is 18.0 Å². The van der Waals surface area contributed by atoms with Crippen LogP contribution in [0.3, 0.4) is 0 Å². The highest BCUT2D eigenvalue weighted by molar-refractivity contribution is 5.95. The monoisotopic (exact) mass is 243 g/mol. The molecule has 2 aromatic rings. The van der Waals surface area contributed by atoms with Crippen molar-refractivity contribution in [3.8, 4) is 0 Å². The normalized spacial score (nSPS) is 11.7. The Labute approximate surface area is 94.1 Å². The van der Waals surface area contributed by atoms with E-state index in [0.717, 1.165) is 0 Å². The number of carbonyl (C=O) groups excluding carboxylic acids is 1. The Hall–Kier alpha value is -2.05. The molecule has 2 aromatic heterocycles. The molecule has 0 saturated carbocycles. The Morgan fingerprint density at radius 3 is 2.94 bits per heavy atom. The molecule has 0 aromatic carbocycles. The van der Waals surface area contributed by atoms with Gasteiger partial charge in [0.25, 0.3) is 5.91 Å². The maximum atomic E-state index is 11.9. The van der Waals surface area contributed by atoms with Crippen molar-refractivity contribution >= 4 is 11.4 Å². The molecule has 1 N–H and O–H groups in total. The summed E-state index contributed by atoms with van der Waals surface area (Å²) in [5, 5.41) is 1.80. The molecule has 0 saturated heterocycles. The number of pyridine rings is 1. The van der Waals surface area contributed by atoms with Gasteiger partial charge in [-0.1, -0.05) is 0 Å². The molecule has 17 heavy (non-hydrogen) atoms. The zero-order chi connectivity index (χ0) is 12.5. The van der Waals surface area contributed by atoms with Crippen molar-refractivity contribution in [1.82, 2.24) is 14.7 Å². The molecule has 0 radical (unpaired) electrons. The third-order valence-corrected chi connectivity index (χ3v) is 2.13. The summed E-state index contributed by atoms with van der Waals surface area (Å²) in [4.78, 5) is 15.3. The lowest BCUT2D eigenvalue weighted by atomic mass is 10.2. The number of nitrogens with one attached hydrogen (secondary N) is 1. The van der Waals surface area contributed by atoms with Gasteiger partial charge in [0.2, 0.25) is 0 Å². The van der Waals surface area contributed by atoms with E-state index in [2.05, 4.69) is 4.98 Å². The van der Waals surface area contributed by atoms with Gasteiger partial charge in [-0.05, 0) is 12.1 Å². The van der Waals surface area contributed by atoms with Crippen LogP contribution in [0.25, 0.3) is 5.52 Å². The van der Waals surface area contributed by atoms with Crippen LogP contribution in [-0.2, 0) is 0 Å². The second-order valence-electron chi connectivity index (χ2n) is 3.44. The van der Waals surface area contributed by atoms with E-state index in [4.69, 9.17) is 0 Å². The molecule has 90 valence electrons. The van der Waals surface area contributed by atoms with Gasteiger partial charge in [0.1, 0.15) is 6.54 Å². The first-order valence-corrected chi connectivity index (χ1v) is 4.72. The van der Waals surface area contributed by atoms with Gasteiger partial charge in [-0.15, -0.1) is 0 Å². The van der Waals surface area contributed by atoms with E-state index < -0.39 is 18.6 Å². The van der Waals surface area contributed by atoms with Gasteiger partial charge in [-0.2, -0.15) is 13.2 Å². The van der Waals surface area contributed by atoms with Crippen LogP contribution in [-0.4, -0.2) is 28.0 Å². The van der Waals surface area contributed by atoms with E-state index in [0.29, 0.717) is 5.52 Å². The van der Waals surface area contributed by atoms with Crippen molar-refractivity contribution in [2.75, 3.05) is 6.54 Å². The average Bonchev–Trinajstić information content (AvgIpc) is 2.71. The lowest BCUT2D eigenvalue weighted by molar-refractivity contribution is -0.123. The molecule has 0 aliphatic carbocycles. The second kappa shape index (κ2) is 4.08. The minimum absolute atomic E-state index is 0.169. The maximum absolute atomic E-state index is 11.9. The second-order valence-corrected chi connectivity index (χ2v) is 3.44. The summed E-state index contributed by atoms with van der Waals surface area (Å²) in [5.74, 6) is -0.758. The van der Waals surface area contributed by atoms with E-state index >= 15 is 0 Å². The molecule has 0 aliphatic heterocycles. The maximum Gasteiger partial charge on any atom is 0.405 e. The lowest BCUT2D eigenvalue weighted by Crippen LogP contribution is -2.33. The number of hydrogen-bond acceptors (Lipinski definition) is 2. The summed E-state index contributed by atoms with van der Waals surface area (Å²) in [6.45, 7) is -1.34. The van der Waals surface area contributed by atoms with Gasteiger partial charge in [0.05, 0.1) is 18.0 Å². The fourth-order valence-corrected chi connectivity index (χ4v) is 1.34. The Morgan fingerprint density at radius 1 is 1.47 bits per heavy atom. The Morgan fingerprint density at radius 2 is 2.24 bits per heavy atom. The van der Waals surface area contributed by atoms with Crippen molar-refractivity contribution in [2.24, 2.45) is 0 Å². The van der Waals surface area contributed by atoms with Crippen LogP contribution in [0.15, 0.2) is 30.9 Å². The predicted octanol–water partition coefficient (Wildman–Crippen LogP) is 1.63. The topological polar surface area (TPSA) is 46.4 Å². The van der Waals surface area contributed by atoms with Gasteiger partial charge >= 0.3 is 6.18 Å². The molecule has 0 aliphatic rings. The van der Waals surface area contributed by atoms with E-state index in [1.165, 1.54) is 24.7 Å². The Balaban J connectivity index is 2.13. The minimum Gasteiger partial charge on any atom is -0.343 e. The van der Waals surface area contributed by atoms with Crippen LogP contribution in [0.4, 0.5) is 13.2 Å². The van der Waals surface area contributed by atoms with Crippen LogP contribution in [0, 0.1) is 0 Å². The fourth-order valence-electron chi connectivity index (χ4n) is 1.34. The molecule has 0 fully saturated rings. The number of nitrogens with zero attached hydrogens (tertiary/aromatic N) is 2. The zero-order valence-electron chi connectivity index (χ0n) is 8.53. The Bertz CT molecular complexity index is 547. The average molecular weight is 243 g/mol. The van der Waals surface area contributed by atoms with Gasteiger partial charge < -0.3 is 9.72 Å². The summed E-state index contributed by atoms with van der Waals surface area (Å²) < 4.78 is 37.4. The smallest absolute Gasteiger partial charge is 0.343 e. The summed E-state index contributed by atoms with van der Waals surface area (Å²) in [6.07, 6.45) is 0.203. The number of amides is 1. The van der Waals surface area contributed by atoms with Crippen molar-refractivity contribution in [3.63, 3.8) is 0 Å². The van der Waals surface area contributed by atoms with Gasteiger partial charge in [0, 0.05) is 11.8 Å². The minimum atomic E-state index is -4.41. The molecule has 2 rings (SSSR count). The molecule has 0 atom stereocenters. The number of alkyl halides is 3. The van der Waals surface area contributed by atoms with E-state index in [9.17, 15) is 18.0 Å². The standard InChI is InChI=1S/C10H8F3N3O/c11-10(12,13)5-15-9(17)7-1-2-16-6-14-4-8(16)3-7/h1-4,6H,5H2,(H,15,17). The van der Waals surface area contributed by atoms with Crippen LogP contribution < -0.4 is 5.32 Å². The largest absolute Gasteiger partial charge is 0.405 e. The van der Waals surface area contributed by atoms with Crippen LogP contribution >= 0.6 is 0 Å². The first-order chi connectivity index (χ1) is 7.96. The molecule has 0 bridgehead atoms. The van der Waals surface area contributed by atoms with Crippen molar-refractivity contribution in [2.45, 2.75) is 6.18 Å². The summed E-state index contributed by atoms with van der Waals surface area (Å²) in [5.41, 5.74) is 0.812. The van der Waals surface area contributed by atoms with Crippen molar-refractivity contribution in [3.05, 3.63) is 36.4 Å². The lowest BCUT2D eigenvalue weighted by Gasteiger charge is -2.08. The molecule has 1 amide bonds. The van der Waals surface area contributed by atoms with Crippen LogP contribution in [0.5, 0.6) is 0 Å². The van der Waals surface area contributed by atoms with E-state index in [1.807, 2.05) is 0 Å². The number of carbonyl (C=O) groups is 1. The number of hydrogen-bond donors (Lipinski definition) is 1. The quantitative estimate of drug-likeness (QED) is 0.871. The highest BCUT2D eigenvalue weighted by Crippen LogP contribution is 2.13. The molecule has 4 nitrogen and oxygen atoms in total. The molecular formula is C10H8F3N3O. The highest BCUT2D eigenvalue weighted by Gasteiger charge is 2.27. The number of halogens is 3. The molecular weight excluding hydrogens is 235 g/mol. The summed E-state index contributed by atoms with van der Waals surface area (Å²) in [6, 6.07) is 2.90. The SMILES string of the molecule is O=C(NCC(F)(F)F)c1ccn2cncc2c1. The first-order valence-electron chi connectivity index (χ1n) is 4.72.